The first kappa shape index (κ1) is 14.8. The standard InChI is InChI=1S/C15H24N4O/c1-2-4-12-5-3-9-19(10-7-12)15(20)13-11-17-8-6-14(13)18-16/h6,8,11-12H,2-5,7,9-10,16H2,1H3,(H,17,18). The first-order valence-corrected chi connectivity index (χ1v) is 7.46. The smallest absolute Gasteiger partial charge is 0.257 e. The number of nitrogen functional groups attached to an aromatic ring is 1. The van der Waals surface area contributed by atoms with Crippen LogP contribution in [-0.2, 0) is 0 Å². The van der Waals surface area contributed by atoms with E-state index in [1.807, 2.05) is 4.90 Å². The van der Waals surface area contributed by atoms with Crippen molar-refractivity contribution in [3.05, 3.63) is 24.0 Å². The number of nitrogens with zero attached hydrogens (tertiary/aromatic N) is 2. The Kier molecular flexibility index (Phi) is 5.35. The highest BCUT2D eigenvalue weighted by Crippen LogP contribution is 2.24. The molecule has 1 aliphatic rings. The predicted octanol–water partition coefficient (Wildman–Crippen LogP) is 2.41. The Morgan fingerprint density at radius 2 is 2.35 bits per heavy atom. The molecular weight excluding hydrogens is 252 g/mol. The van der Waals surface area contributed by atoms with Crippen molar-refractivity contribution in [2.75, 3.05) is 18.5 Å². The number of amides is 1. The summed E-state index contributed by atoms with van der Waals surface area (Å²) in [5, 5.41) is 0. The average Bonchev–Trinajstić information content (AvgIpc) is 2.72. The molecule has 2 heterocycles. The van der Waals surface area contributed by atoms with E-state index < -0.39 is 0 Å². The minimum Gasteiger partial charge on any atom is -0.339 e. The molecule has 1 amide bonds. The van der Waals surface area contributed by atoms with Gasteiger partial charge < -0.3 is 10.3 Å². The van der Waals surface area contributed by atoms with Gasteiger partial charge in [-0.1, -0.05) is 19.8 Å². The van der Waals surface area contributed by atoms with Crippen molar-refractivity contribution in [2.45, 2.75) is 39.0 Å². The number of hydrogen-bond donors (Lipinski definition) is 2. The molecule has 1 fully saturated rings. The molecular formula is C15H24N4O. The van der Waals surface area contributed by atoms with Crippen molar-refractivity contribution >= 4 is 11.6 Å². The van der Waals surface area contributed by atoms with Gasteiger partial charge in [-0.2, -0.15) is 0 Å². The van der Waals surface area contributed by atoms with Gasteiger partial charge in [0.2, 0.25) is 0 Å². The molecule has 1 aliphatic heterocycles. The zero-order valence-corrected chi connectivity index (χ0v) is 12.1. The van der Waals surface area contributed by atoms with Crippen molar-refractivity contribution in [3.63, 3.8) is 0 Å². The minimum absolute atomic E-state index is 0.0307. The van der Waals surface area contributed by atoms with E-state index in [1.54, 1.807) is 18.5 Å². The maximum absolute atomic E-state index is 12.6. The summed E-state index contributed by atoms with van der Waals surface area (Å²) < 4.78 is 0. The van der Waals surface area contributed by atoms with Crippen LogP contribution in [-0.4, -0.2) is 28.9 Å². The molecule has 0 bridgehead atoms. The summed E-state index contributed by atoms with van der Waals surface area (Å²) in [6.07, 6.45) is 9.13. The SMILES string of the molecule is CCCC1CCCN(C(=O)c2cnccc2NN)CC1. The third kappa shape index (κ3) is 3.48. The lowest BCUT2D eigenvalue weighted by molar-refractivity contribution is 0.0760. The number of pyridine rings is 1. The molecule has 0 aliphatic carbocycles. The van der Waals surface area contributed by atoms with E-state index >= 15 is 0 Å². The van der Waals surface area contributed by atoms with Crippen molar-refractivity contribution in [1.29, 1.82) is 0 Å². The highest BCUT2D eigenvalue weighted by Gasteiger charge is 2.22. The van der Waals surface area contributed by atoms with E-state index in [1.165, 1.54) is 19.3 Å². The summed E-state index contributed by atoms with van der Waals surface area (Å²) >= 11 is 0. The van der Waals surface area contributed by atoms with Gasteiger partial charge in [-0.25, -0.2) is 0 Å². The summed E-state index contributed by atoms with van der Waals surface area (Å²) in [6.45, 7) is 3.89. The van der Waals surface area contributed by atoms with E-state index in [-0.39, 0.29) is 5.91 Å². The van der Waals surface area contributed by atoms with Gasteiger partial charge in [0.15, 0.2) is 0 Å². The molecule has 0 aromatic carbocycles. The van der Waals surface area contributed by atoms with Gasteiger partial charge in [0.25, 0.3) is 5.91 Å². The zero-order valence-electron chi connectivity index (χ0n) is 12.1. The second kappa shape index (κ2) is 7.24. The Bertz CT molecular complexity index is 449. The average molecular weight is 276 g/mol. The number of nitrogens with two attached hydrogens (primary N) is 1. The summed E-state index contributed by atoms with van der Waals surface area (Å²) in [7, 11) is 0. The quantitative estimate of drug-likeness (QED) is 0.654. The Labute approximate surface area is 120 Å². The molecule has 5 heteroatoms. The number of carbonyl (C=O) groups excluding carboxylic acids is 1. The Hall–Kier alpha value is -1.62. The molecule has 1 aromatic rings. The number of aromatic nitrogens is 1. The van der Waals surface area contributed by atoms with Crippen LogP contribution in [0.15, 0.2) is 18.5 Å². The third-order valence-corrected chi connectivity index (χ3v) is 4.04. The van der Waals surface area contributed by atoms with E-state index in [0.717, 1.165) is 31.8 Å². The molecule has 1 atom stereocenters. The normalized spacial score (nSPS) is 19.5. The molecule has 20 heavy (non-hydrogen) atoms. The predicted molar refractivity (Wildman–Crippen MR) is 80.2 cm³/mol. The number of anilines is 1. The van der Waals surface area contributed by atoms with Crippen LogP contribution in [0, 0.1) is 5.92 Å². The van der Waals surface area contributed by atoms with Gasteiger partial charge in [0.05, 0.1) is 11.3 Å². The maximum atomic E-state index is 12.6. The van der Waals surface area contributed by atoms with Crippen LogP contribution in [0.4, 0.5) is 5.69 Å². The maximum Gasteiger partial charge on any atom is 0.257 e. The fourth-order valence-electron chi connectivity index (χ4n) is 2.93. The third-order valence-electron chi connectivity index (χ3n) is 4.04. The van der Waals surface area contributed by atoms with Gasteiger partial charge in [-0.05, 0) is 31.2 Å². The monoisotopic (exact) mass is 276 g/mol. The lowest BCUT2D eigenvalue weighted by Gasteiger charge is -2.21. The number of carbonyl (C=O) groups is 1. The van der Waals surface area contributed by atoms with E-state index in [4.69, 9.17) is 5.84 Å². The molecule has 0 saturated carbocycles. The summed E-state index contributed by atoms with van der Waals surface area (Å²) in [6, 6.07) is 1.73. The minimum atomic E-state index is 0.0307. The van der Waals surface area contributed by atoms with E-state index in [9.17, 15) is 4.79 Å². The van der Waals surface area contributed by atoms with E-state index in [0.29, 0.717) is 11.3 Å². The largest absolute Gasteiger partial charge is 0.339 e. The first-order valence-electron chi connectivity index (χ1n) is 7.46. The van der Waals surface area contributed by atoms with Crippen LogP contribution in [0.2, 0.25) is 0 Å². The van der Waals surface area contributed by atoms with Crippen LogP contribution in [0.25, 0.3) is 0 Å². The molecule has 5 nitrogen and oxygen atoms in total. The van der Waals surface area contributed by atoms with Crippen LogP contribution in [0.3, 0.4) is 0 Å². The van der Waals surface area contributed by atoms with Crippen molar-refractivity contribution in [3.8, 4) is 0 Å². The topological polar surface area (TPSA) is 71.2 Å². The Morgan fingerprint density at radius 3 is 3.10 bits per heavy atom. The van der Waals surface area contributed by atoms with E-state index in [2.05, 4.69) is 17.3 Å². The number of hydrogen-bond acceptors (Lipinski definition) is 4. The lowest BCUT2D eigenvalue weighted by atomic mass is 9.96. The molecule has 0 spiro atoms. The van der Waals surface area contributed by atoms with Gasteiger partial charge in [0, 0.05) is 25.5 Å². The number of rotatable bonds is 4. The Balaban J connectivity index is 2.05. The molecule has 1 aromatic heterocycles. The van der Waals surface area contributed by atoms with Gasteiger partial charge >= 0.3 is 0 Å². The summed E-state index contributed by atoms with van der Waals surface area (Å²) in [4.78, 5) is 18.6. The highest BCUT2D eigenvalue weighted by atomic mass is 16.2. The number of hydrazine groups is 1. The van der Waals surface area contributed by atoms with Gasteiger partial charge in [-0.15, -0.1) is 0 Å². The second-order valence-electron chi connectivity index (χ2n) is 5.44. The zero-order chi connectivity index (χ0) is 14.4. The summed E-state index contributed by atoms with van der Waals surface area (Å²) in [5.74, 6) is 6.26. The summed E-state index contributed by atoms with van der Waals surface area (Å²) in [5.41, 5.74) is 3.77. The van der Waals surface area contributed by atoms with Crippen LogP contribution >= 0.6 is 0 Å². The fraction of sp³-hybridized carbons (Fsp3) is 0.600. The van der Waals surface area contributed by atoms with Gasteiger partial charge in [-0.3, -0.25) is 15.6 Å². The molecule has 1 unspecified atom stereocenters. The van der Waals surface area contributed by atoms with Crippen LogP contribution in [0.1, 0.15) is 49.4 Å². The van der Waals surface area contributed by atoms with Crippen LogP contribution in [0.5, 0.6) is 0 Å². The first-order chi connectivity index (χ1) is 9.76. The fourth-order valence-corrected chi connectivity index (χ4v) is 2.93. The van der Waals surface area contributed by atoms with Crippen molar-refractivity contribution in [2.24, 2.45) is 11.8 Å². The molecule has 0 radical (unpaired) electrons. The van der Waals surface area contributed by atoms with Crippen molar-refractivity contribution < 1.29 is 4.79 Å². The van der Waals surface area contributed by atoms with Crippen LogP contribution < -0.4 is 11.3 Å². The molecule has 2 rings (SSSR count). The lowest BCUT2D eigenvalue weighted by Crippen LogP contribution is -2.33. The second-order valence-corrected chi connectivity index (χ2v) is 5.44. The molecule has 3 N–H and O–H groups in total. The Morgan fingerprint density at radius 1 is 1.50 bits per heavy atom. The highest BCUT2D eigenvalue weighted by molar-refractivity contribution is 5.99. The molecule has 110 valence electrons. The van der Waals surface area contributed by atoms with Crippen molar-refractivity contribution in [1.82, 2.24) is 9.88 Å². The number of nitrogens with one attached hydrogen (secondary N) is 1. The molecule has 1 saturated heterocycles. The number of likely N-dealkylation sites (tertiary alicyclic amines) is 1. The van der Waals surface area contributed by atoms with Gasteiger partial charge in [0.1, 0.15) is 0 Å².